The summed E-state index contributed by atoms with van der Waals surface area (Å²) in [5.74, 6) is -0.111. The van der Waals surface area contributed by atoms with Crippen LogP contribution in [-0.4, -0.2) is 17.7 Å². The van der Waals surface area contributed by atoms with Crippen molar-refractivity contribution >= 4 is 17.4 Å². The number of carbonyl (C=O) groups is 2. The van der Waals surface area contributed by atoms with Crippen LogP contribution >= 0.6 is 0 Å². The van der Waals surface area contributed by atoms with E-state index in [9.17, 15) is 9.59 Å². The van der Waals surface area contributed by atoms with E-state index in [4.69, 9.17) is 0 Å². The lowest BCUT2D eigenvalue weighted by Gasteiger charge is -2.18. The summed E-state index contributed by atoms with van der Waals surface area (Å²) in [4.78, 5) is 24.2. The molecule has 4 heteroatoms. The molecule has 0 bridgehead atoms. The van der Waals surface area contributed by atoms with Crippen molar-refractivity contribution < 1.29 is 14.9 Å². The number of nitrogens with one attached hydrogen (secondary N) is 1. The van der Waals surface area contributed by atoms with Gasteiger partial charge in [-0.05, 0) is 32.9 Å². The molecular weight excluding hydrogens is 288 g/mol. The molecular formula is C19H23N2O2+. The number of hydrogen-bond donors (Lipinski definition) is 2. The van der Waals surface area contributed by atoms with Gasteiger partial charge < -0.3 is 10.6 Å². The second kappa shape index (κ2) is 7.70. The summed E-state index contributed by atoms with van der Waals surface area (Å²) in [5.41, 5.74) is 2.19. The monoisotopic (exact) mass is 311 g/mol. The van der Waals surface area contributed by atoms with Crippen molar-refractivity contribution in [1.29, 1.82) is 0 Å². The molecule has 1 atom stereocenters. The number of ketones is 1. The minimum absolute atomic E-state index is 0.0190. The molecule has 0 radical (unpaired) electrons. The van der Waals surface area contributed by atoms with Gasteiger partial charge >= 0.3 is 0 Å². The van der Waals surface area contributed by atoms with E-state index in [1.54, 1.807) is 24.3 Å². The number of rotatable bonds is 6. The largest absolute Gasteiger partial charge is 0.330 e. The second-order valence-electron chi connectivity index (χ2n) is 5.95. The molecule has 3 N–H and O–H groups in total. The summed E-state index contributed by atoms with van der Waals surface area (Å²) in [6, 6.07) is 16.7. The number of carbonyl (C=O) groups excluding carboxylic acids is 2. The molecule has 2 aromatic rings. The molecule has 0 unspecified atom stereocenters. The SMILES string of the molecule is CC(=O)c1cccc(NC(=O)[C@@H]([NH2+]C(C)C)c2ccccc2)c1. The Kier molecular flexibility index (Phi) is 5.66. The van der Waals surface area contributed by atoms with Gasteiger partial charge in [0.15, 0.2) is 11.8 Å². The lowest BCUT2D eigenvalue weighted by atomic mass is 10.0. The average molecular weight is 311 g/mol. The van der Waals surface area contributed by atoms with Crippen molar-refractivity contribution in [1.82, 2.24) is 0 Å². The van der Waals surface area contributed by atoms with Crippen molar-refractivity contribution in [3.05, 3.63) is 65.7 Å². The molecule has 0 aliphatic heterocycles. The van der Waals surface area contributed by atoms with Crippen LogP contribution in [0.15, 0.2) is 54.6 Å². The van der Waals surface area contributed by atoms with Crippen molar-refractivity contribution in [2.24, 2.45) is 0 Å². The van der Waals surface area contributed by atoms with E-state index in [0.717, 1.165) is 5.56 Å². The highest BCUT2D eigenvalue weighted by atomic mass is 16.2. The standard InChI is InChI=1S/C19H22N2O2/c1-13(2)20-18(15-8-5-4-6-9-15)19(23)21-17-11-7-10-16(12-17)14(3)22/h4-13,18,20H,1-3H3,(H,21,23)/p+1/t18-/m0/s1. The Morgan fingerprint density at radius 1 is 1.00 bits per heavy atom. The average Bonchev–Trinajstić information content (AvgIpc) is 2.53. The minimum Gasteiger partial charge on any atom is -0.330 e. The molecule has 23 heavy (non-hydrogen) atoms. The molecule has 0 fully saturated rings. The van der Waals surface area contributed by atoms with Gasteiger partial charge in [-0.1, -0.05) is 42.5 Å². The zero-order valence-electron chi connectivity index (χ0n) is 13.7. The van der Waals surface area contributed by atoms with Crippen LogP contribution in [0.4, 0.5) is 5.69 Å². The van der Waals surface area contributed by atoms with Gasteiger partial charge in [-0.25, -0.2) is 0 Å². The summed E-state index contributed by atoms with van der Waals surface area (Å²) >= 11 is 0. The fourth-order valence-corrected chi connectivity index (χ4v) is 2.43. The number of Topliss-reactive ketones (excluding diaryl/α,β-unsaturated/α-hetero) is 1. The van der Waals surface area contributed by atoms with Gasteiger partial charge in [0.1, 0.15) is 0 Å². The predicted octanol–water partition coefficient (Wildman–Crippen LogP) is 2.54. The van der Waals surface area contributed by atoms with Crippen LogP contribution in [0.2, 0.25) is 0 Å². The van der Waals surface area contributed by atoms with Crippen molar-refractivity contribution in [2.75, 3.05) is 5.32 Å². The van der Waals surface area contributed by atoms with Gasteiger partial charge in [0.25, 0.3) is 5.91 Å². The number of benzene rings is 2. The van der Waals surface area contributed by atoms with Crippen molar-refractivity contribution in [2.45, 2.75) is 32.9 Å². The summed E-state index contributed by atoms with van der Waals surface area (Å²) in [6.45, 7) is 5.62. The first-order valence-electron chi connectivity index (χ1n) is 7.79. The second-order valence-corrected chi connectivity index (χ2v) is 5.95. The predicted molar refractivity (Wildman–Crippen MR) is 91.3 cm³/mol. The first-order chi connectivity index (χ1) is 11.0. The first kappa shape index (κ1) is 16.9. The van der Waals surface area contributed by atoms with Crippen LogP contribution in [0.25, 0.3) is 0 Å². The molecule has 120 valence electrons. The molecule has 2 rings (SSSR count). The summed E-state index contributed by atoms with van der Waals surface area (Å²) in [6.07, 6.45) is 0. The number of hydrogen-bond acceptors (Lipinski definition) is 2. The highest BCUT2D eigenvalue weighted by molar-refractivity contribution is 5.98. The van der Waals surface area contributed by atoms with Crippen molar-refractivity contribution in [3.8, 4) is 0 Å². The van der Waals surface area contributed by atoms with Crippen LogP contribution < -0.4 is 10.6 Å². The Morgan fingerprint density at radius 2 is 1.70 bits per heavy atom. The van der Waals surface area contributed by atoms with E-state index >= 15 is 0 Å². The van der Waals surface area contributed by atoms with Crippen LogP contribution in [0.5, 0.6) is 0 Å². The third kappa shape index (κ3) is 4.76. The molecule has 1 amide bonds. The highest BCUT2D eigenvalue weighted by Crippen LogP contribution is 2.15. The third-order valence-electron chi connectivity index (χ3n) is 3.56. The molecule has 0 heterocycles. The quantitative estimate of drug-likeness (QED) is 0.805. The van der Waals surface area contributed by atoms with Gasteiger partial charge in [-0.3, -0.25) is 9.59 Å². The summed E-state index contributed by atoms with van der Waals surface area (Å²) in [7, 11) is 0. The molecule has 0 spiro atoms. The highest BCUT2D eigenvalue weighted by Gasteiger charge is 2.25. The maximum Gasteiger partial charge on any atom is 0.287 e. The van der Waals surface area contributed by atoms with E-state index in [2.05, 4.69) is 19.2 Å². The molecule has 0 aliphatic rings. The molecule has 0 saturated carbocycles. The molecule has 2 aromatic carbocycles. The van der Waals surface area contributed by atoms with Gasteiger partial charge in [-0.15, -0.1) is 0 Å². The first-order valence-corrected chi connectivity index (χ1v) is 7.79. The van der Waals surface area contributed by atoms with E-state index in [-0.39, 0.29) is 23.8 Å². The number of anilines is 1. The van der Waals surface area contributed by atoms with Crippen LogP contribution in [0.3, 0.4) is 0 Å². The number of amides is 1. The van der Waals surface area contributed by atoms with Crippen LogP contribution in [0, 0.1) is 0 Å². The smallest absolute Gasteiger partial charge is 0.287 e. The lowest BCUT2D eigenvalue weighted by molar-refractivity contribution is -0.709. The maximum absolute atomic E-state index is 12.7. The topological polar surface area (TPSA) is 62.8 Å². The third-order valence-corrected chi connectivity index (χ3v) is 3.56. The van der Waals surface area contributed by atoms with E-state index in [0.29, 0.717) is 11.3 Å². The normalized spacial score (nSPS) is 12.0. The number of quaternary nitrogens is 1. The van der Waals surface area contributed by atoms with Gasteiger partial charge in [0.2, 0.25) is 0 Å². The Bertz CT molecular complexity index is 681. The van der Waals surface area contributed by atoms with E-state index in [1.807, 2.05) is 35.6 Å². The maximum atomic E-state index is 12.7. The minimum atomic E-state index is -0.322. The van der Waals surface area contributed by atoms with E-state index in [1.165, 1.54) is 6.92 Å². The van der Waals surface area contributed by atoms with Gasteiger partial charge in [0.05, 0.1) is 6.04 Å². The number of nitrogens with two attached hydrogens (primary N) is 1. The summed E-state index contributed by atoms with van der Waals surface area (Å²) in [5, 5.41) is 4.95. The molecule has 0 aromatic heterocycles. The Balaban J connectivity index is 2.21. The van der Waals surface area contributed by atoms with Gasteiger partial charge in [0, 0.05) is 16.8 Å². The lowest BCUT2D eigenvalue weighted by Crippen LogP contribution is -2.91. The Labute approximate surface area is 136 Å². The zero-order valence-corrected chi connectivity index (χ0v) is 13.7. The van der Waals surface area contributed by atoms with Crippen LogP contribution in [-0.2, 0) is 4.79 Å². The molecule has 4 nitrogen and oxygen atoms in total. The van der Waals surface area contributed by atoms with Crippen LogP contribution in [0.1, 0.15) is 42.7 Å². The molecule has 0 saturated heterocycles. The van der Waals surface area contributed by atoms with Gasteiger partial charge in [-0.2, -0.15) is 0 Å². The van der Waals surface area contributed by atoms with E-state index < -0.39 is 0 Å². The Morgan fingerprint density at radius 3 is 2.30 bits per heavy atom. The summed E-state index contributed by atoms with van der Waals surface area (Å²) < 4.78 is 0. The Hall–Kier alpha value is -2.46. The fraction of sp³-hybridized carbons (Fsp3) is 0.263. The fourth-order valence-electron chi connectivity index (χ4n) is 2.43. The molecule has 0 aliphatic carbocycles. The van der Waals surface area contributed by atoms with Crippen molar-refractivity contribution in [3.63, 3.8) is 0 Å². The zero-order chi connectivity index (χ0) is 16.8.